The van der Waals surface area contributed by atoms with Crippen molar-refractivity contribution in [2.75, 3.05) is 17.7 Å². The monoisotopic (exact) mass is 360 g/mol. The number of nitrogens with zero attached hydrogens (tertiary/aromatic N) is 2. The first kappa shape index (κ1) is 15.6. The third-order valence-corrected chi connectivity index (χ3v) is 3.43. The number of benzene rings is 1. The maximum Gasteiger partial charge on any atom is 0.433 e. The van der Waals surface area contributed by atoms with Gasteiger partial charge in [0, 0.05) is 24.1 Å². The van der Waals surface area contributed by atoms with E-state index in [1.54, 1.807) is 0 Å². The van der Waals surface area contributed by atoms with Crippen LogP contribution in [0.3, 0.4) is 0 Å². The van der Waals surface area contributed by atoms with E-state index >= 15 is 0 Å². The van der Waals surface area contributed by atoms with Gasteiger partial charge >= 0.3 is 6.18 Å². The average Bonchev–Trinajstić information content (AvgIpc) is 2.45. The third-order valence-electron chi connectivity index (χ3n) is 2.66. The molecule has 0 saturated carbocycles. The molecule has 8 heteroatoms. The largest absolute Gasteiger partial charge is 0.433 e. The Bertz CT molecular complexity index is 631. The number of nitrogens with one attached hydrogen (secondary N) is 2. The Morgan fingerprint density at radius 1 is 1.19 bits per heavy atom. The minimum absolute atomic E-state index is 0.0838. The molecule has 0 unspecified atom stereocenters. The Morgan fingerprint density at radius 2 is 1.90 bits per heavy atom. The first-order chi connectivity index (χ1) is 9.90. The first-order valence-corrected chi connectivity index (χ1v) is 6.81. The predicted octanol–water partition coefficient (Wildman–Crippen LogP) is 3.91. The second kappa shape index (κ2) is 6.30. The number of hydrogen-bond donors (Lipinski definition) is 2. The van der Waals surface area contributed by atoms with Crippen LogP contribution in [0.25, 0.3) is 0 Å². The molecule has 0 aliphatic rings. The summed E-state index contributed by atoms with van der Waals surface area (Å²) in [5, 5.41) is 5.39. The minimum Gasteiger partial charge on any atom is -0.366 e. The van der Waals surface area contributed by atoms with E-state index in [1.807, 2.05) is 24.3 Å². The van der Waals surface area contributed by atoms with Gasteiger partial charge in [0.15, 0.2) is 5.69 Å². The van der Waals surface area contributed by atoms with Crippen molar-refractivity contribution in [3.63, 3.8) is 0 Å². The van der Waals surface area contributed by atoms with Gasteiger partial charge in [0.1, 0.15) is 5.82 Å². The minimum atomic E-state index is -4.52. The molecule has 2 N–H and O–H groups in total. The molecule has 2 aromatic rings. The summed E-state index contributed by atoms with van der Waals surface area (Å²) in [4.78, 5) is 7.36. The summed E-state index contributed by atoms with van der Waals surface area (Å²) in [6.07, 6.45) is -4.52. The molecule has 2 rings (SSSR count). The van der Waals surface area contributed by atoms with E-state index in [-0.39, 0.29) is 11.8 Å². The summed E-state index contributed by atoms with van der Waals surface area (Å²) in [5.74, 6) is 0.0249. The van der Waals surface area contributed by atoms with Crippen molar-refractivity contribution in [1.82, 2.24) is 9.97 Å². The SMILES string of the molecule is CNc1nc(NCc2ccccc2Br)cc(C(F)(F)F)n1. The molecule has 0 bridgehead atoms. The summed E-state index contributed by atoms with van der Waals surface area (Å²) in [6, 6.07) is 8.32. The van der Waals surface area contributed by atoms with Gasteiger partial charge in [-0.3, -0.25) is 0 Å². The molecule has 0 aliphatic carbocycles. The Kier molecular flexibility index (Phi) is 4.66. The summed E-state index contributed by atoms with van der Waals surface area (Å²) < 4.78 is 39.1. The number of alkyl halides is 3. The third kappa shape index (κ3) is 4.07. The van der Waals surface area contributed by atoms with Crippen LogP contribution < -0.4 is 10.6 Å². The fourth-order valence-corrected chi connectivity index (χ4v) is 2.05. The molecule has 0 atom stereocenters. The van der Waals surface area contributed by atoms with Crippen molar-refractivity contribution in [1.29, 1.82) is 0 Å². The summed E-state index contributed by atoms with van der Waals surface area (Å²) in [5.41, 5.74) is -0.0767. The van der Waals surface area contributed by atoms with Crippen molar-refractivity contribution in [2.45, 2.75) is 12.7 Å². The van der Waals surface area contributed by atoms with Crippen molar-refractivity contribution in [2.24, 2.45) is 0 Å². The van der Waals surface area contributed by atoms with Crippen LogP contribution >= 0.6 is 15.9 Å². The highest BCUT2D eigenvalue weighted by Gasteiger charge is 2.33. The van der Waals surface area contributed by atoms with Gasteiger partial charge in [0.25, 0.3) is 0 Å². The molecule has 0 amide bonds. The standard InChI is InChI=1S/C13H12BrF3N4/c1-18-12-20-10(13(15,16)17)6-11(21-12)19-7-8-4-2-3-5-9(8)14/h2-6H,7H2,1H3,(H2,18,19,20,21). The first-order valence-electron chi connectivity index (χ1n) is 6.01. The van der Waals surface area contributed by atoms with Crippen LogP contribution in [0.15, 0.2) is 34.8 Å². The Labute approximate surface area is 127 Å². The number of rotatable bonds is 4. The second-order valence-corrected chi connectivity index (χ2v) is 5.01. The number of anilines is 2. The van der Waals surface area contributed by atoms with E-state index in [4.69, 9.17) is 0 Å². The smallest absolute Gasteiger partial charge is 0.366 e. The quantitative estimate of drug-likeness (QED) is 0.867. The Balaban J connectivity index is 2.22. The van der Waals surface area contributed by atoms with E-state index in [9.17, 15) is 13.2 Å². The molecule has 4 nitrogen and oxygen atoms in total. The molecule has 1 aromatic carbocycles. The zero-order valence-corrected chi connectivity index (χ0v) is 12.6. The molecule has 0 fully saturated rings. The molecule has 112 valence electrons. The van der Waals surface area contributed by atoms with Gasteiger partial charge in [0.2, 0.25) is 5.95 Å². The number of aromatic nitrogens is 2. The number of halogens is 4. The van der Waals surface area contributed by atoms with Crippen LogP contribution in [0.2, 0.25) is 0 Å². The summed E-state index contributed by atoms with van der Waals surface area (Å²) >= 11 is 3.38. The lowest BCUT2D eigenvalue weighted by Gasteiger charge is -2.12. The van der Waals surface area contributed by atoms with E-state index in [0.717, 1.165) is 16.1 Å². The van der Waals surface area contributed by atoms with Crippen LogP contribution in [-0.2, 0) is 12.7 Å². The van der Waals surface area contributed by atoms with E-state index in [2.05, 4.69) is 36.5 Å². The molecule has 21 heavy (non-hydrogen) atoms. The van der Waals surface area contributed by atoms with Gasteiger partial charge in [-0.2, -0.15) is 18.2 Å². The molecule has 1 aromatic heterocycles. The van der Waals surface area contributed by atoms with Crippen molar-refractivity contribution < 1.29 is 13.2 Å². The van der Waals surface area contributed by atoms with E-state index < -0.39 is 11.9 Å². The van der Waals surface area contributed by atoms with Gasteiger partial charge in [-0.05, 0) is 11.6 Å². The van der Waals surface area contributed by atoms with E-state index in [1.165, 1.54) is 7.05 Å². The Hall–Kier alpha value is -1.83. The van der Waals surface area contributed by atoms with E-state index in [0.29, 0.717) is 6.54 Å². The van der Waals surface area contributed by atoms with Gasteiger partial charge in [0.05, 0.1) is 0 Å². The fourth-order valence-electron chi connectivity index (χ4n) is 1.62. The van der Waals surface area contributed by atoms with Crippen molar-refractivity contribution in [3.8, 4) is 0 Å². The van der Waals surface area contributed by atoms with Gasteiger partial charge in [-0.1, -0.05) is 34.1 Å². The lowest BCUT2D eigenvalue weighted by Crippen LogP contribution is -2.13. The molecule has 0 radical (unpaired) electrons. The predicted molar refractivity (Wildman–Crippen MR) is 78.0 cm³/mol. The number of hydrogen-bond acceptors (Lipinski definition) is 4. The van der Waals surface area contributed by atoms with Crippen molar-refractivity contribution >= 4 is 27.7 Å². The molecule has 0 saturated heterocycles. The van der Waals surface area contributed by atoms with Gasteiger partial charge < -0.3 is 10.6 Å². The van der Waals surface area contributed by atoms with Crippen LogP contribution in [0.4, 0.5) is 24.9 Å². The maximum atomic E-state index is 12.8. The highest BCUT2D eigenvalue weighted by molar-refractivity contribution is 9.10. The molecule has 1 heterocycles. The summed E-state index contributed by atoms with van der Waals surface area (Å²) in [7, 11) is 1.47. The average molecular weight is 361 g/mol. The normalized spacial score (nSPS) is 11.3. The second-order valence-electron chi connectivity index (χ2n) is 4.15. The maximum absolute atomic E-state index is 12.8. The van der Waals surface area contributed by atoms with Crippen LogP contribution in [0.5, 0.6) is 0 Å². The van der Waals surface area contributed by atoms with Crippen molar-refractivity contribution in [3.05, 3.63) is 46.1 Å². The van der Waals surface area contributed by atoms with Gasteiger partial charge in [-0.25, -0.2) is 4.98 Å². The lowest BCUT2D eigenvalue weighted by atomic mass is 10.2. The van der Waals surface area contributed by atoms with Gasteiger partial charge in [-0.15, -0.1) is 0 Å². The molecule has 0 aliphatic heterocycles. The van der Waals surface area contributed by atoms with Crippen LogP contribution in [-0.4, -0.2) is 17.0 Å². The van der Waals surface area contributed by atoms with Crippen LogP contribution in [0, 0.1) is 0 Å². The highest BCUT2D eigenvalue weighted by Crippen LogP contribution is 2.29. The Morgan fingerprint density at radius 3 is 2.52 bits per heavy atom. The molecule has 0 spiro atoms. The highest BCUT2D eigenvalue weighted by atomic mass is 79.9. The zero-order chi connectivity index (χ0) is 15.5. The molecular weight excluding hydrogens is 349 g/mol. The van der Waals surface area contributed by atoms with Crippen LogP contribution in [0.1, 0.15) is 11.3 Å². The fraction of sp³-hybridized carbons (Fsp3) is 0.231. The lowest BCUT2D eigenvalue weighted by molar-refractivity contribution is -0.141. The topological polar surface area (TPSA) is 49.8 Å². The zero-order valence-electron chi connectivity index (χ0n) is 11.0. The molecular formula is C13H12BrF3N4. The summed E-state index contributed by atoms with van der Waals surface area (Å²) in [6.45, 7) is 0.346.